The van der Waals surface area contributed by atoms with Gasteiger partial charge in [-0.05, 0) is 130 Å². The smallest absolute Gasteiger partial charge is 0.315 e. The van der Waals surface area contributed by atoms with Gasteiger partial charge < -0.3 is 20.5 Å². The van der Waals surface area contributed by atoms with Gasteiger partial charge in [-0.1, -0.05) is 60.8 Å². The highest BCUT2D eigenvalue weighted by atomic mass is 16.5. The Bertz CT molecular complexity index is 1390. The van der Waals surface area contributed by atoms with Gasteiger partial charge in [-0.3, -0.25) is 14.4 Å². The van der Waals surface area contributed by atoms with E-state index >= 15 is 0 Å². The lowest BCUT2D eigenvalue weighted by Gasteiger charge is -2.68. The van der Waals surface area contributed by atoms with Gasteiger partial charge in [0, 0.05) is 17.9 Å². The van der Waals surface area contributed by atoms with Crippen LogP contribution in [0.15, 0.2) is 11.1 Å². The summed E-state index contributed by atoms with van der Waals surface area (Å²) in [6.45, 7) is 17.1. The zero-order valence-electron chi connectivity index (χ0n) is 31.6. The number of carboxylic acids is 1. The van der Waals surface area contributed by atoms with Crippen LogP contribution < -0.4 is 10.6 Å². The monoisotopic (exact) mass is 680 g/mol. The maximum Gasteiger partial charge on any atom is 0.315 e. The Balaban J connectivity index is 1.23. The Morgan fingerprint density at radius 3 is 2.20 bits per heavy atom. The Morgan fingerprint density at radius 1 is 0.878 bits per heavy atom. The van der Waals surface area contributed by atoms with E-state index in [4.69, 9.17) is 4.74 Å². The van der Waals surface area contributed by atoms with Gasteiger partial charge >= 0.3 is 18.0 Å². The molecule has 3 N–H and O–H groups in total. The number of hydrogen-bond acceptors (Lipinski definition) is 5. The number of carboxylic acid groups (broad SMARTS) is 1. The number of rotatable bonds is 7. The normalized spacial score (nSPS) is 39.0. The summed E-state index contributed by atoms with van der Waals surface area (Å²) in [6.07, 6.45) is 13.6. The number of carbonyl (C=O) groups excluding carboxylic acids is 3. The molecule has 0 aromatic rings. The van der Waals surface area contributed by atoms with Gasteiger partial charge in [-0.15, -0.1) is 0 Å². The average molecular weight is 681 g/mol. The standard InChI is InChI=1S/C41H64N2O6/c1-24(2)33-28(44)22-41(43-36(48)42-25-12-10-9-11-13-25)21-16-27-26(34(33)41)14-15-30-39(27,7)19-17-29-38(5,6)31(18-20-40(29,30)8)49-32(45)23-37(3,4)35(46)47/h24-27,29-31H,9-23H2,1-8H3,(H,46,47)(H2,42,43,48)/t26?,27?,29?,30?,31-,39-,40-,41+/m0/s1. The van der Waals surface area contributed by atoms with Crippen LogP contribution in [-0.4, -0.2) is 46.5 Å². The molecule has 0 bridgehead atoms. The van der Waals surface area contributed by atoms with E-state index in [0.717, 1.165) is 82.6 Å². The lowest BCUT2D eigenvalue weighted by molar-refractivity contribution is -0.213. The Kier molecular flexibility index (Phi) is 9.43. The van der Waals surface area contributed by atoms with Crippen molar-refractivity contribution in [1.82, 2.24) is 10.6 Å². The van der Waals surface area contributed by atoms with E-state index in [1.165, 1.54) is 12.0 Å². The fourth-order valence-electron chi connectivity index (χ4n) is 12.9. The van der Waals surface area contributed by atoms with Crippen molar-refractivity contribution in [1.29, 1.82) is 0 Å². The Hall–Kier alpha value is -2.38. The maximum atomic E-state index is 13.8. The molecule has 8 nitrogen and oxygen atoms in total. The molecule has 6 aliphatic carbocycles. The fraction of sp³-hybridized carbons (Fsp3) is 0.854. The molecule has 5 saturated carbocycles. The quantitative estimate of drug-likeness (QED) is 0.232. The highest BCUT2D eigenvalue weighted by Gasteiger charge is 2.67. The molecular weight excluding hydrogens is 616 g/mol. The first-order valence-electron chi connectivity index (χ1n) is 19.6. The molecule has 0 aromatic heterocycles. The number of amides is 2. The molecule has 0 aromatic carbocycles. The molecule has 0 aliphatic heterocycles. The molecule has 49 heavy (non-hydrogen) atoms. The van der Waals surface area contributed by atoms with Gasteiger partial charge in [0.25, 0.3) is 0 Å². The zero-order valence-corrected chi connectivity index (χ0v) is 31.6. The molecule has 6 aliphatic rings. The molecule has 0 spiro atoms. The Labute approximate surface area is 294 Å². The molecule has 8 heteroatoms. The van der Waals surface area contributed by atoms with E-state index in [-0.39, 0.29) is 52.5 Å². The van der Waals surface area contributed by atoms with Crippen LogP contribution >= 0.6 is 0 Å². The number of carbonyl (C=O) groups is 4. The number of Topliss-reactive ketones (excluding diaryl/α,β-unsaturated/α-hetero) is 1. The summed E-state index contributed by atoms with van der Waals surface area (Å²) >= 11 is 0. The molecule has 0 heterocycles. The summed E-state index contributed by atoms with van der Waals surface area (Å²) in [5, 5.41) is 16.3. The number of fused-ring (bicyclic) bond motifs is 7. The number of allylic oxidation sites excluding steroid dienone is 1. The lowest BCUT2D eigenvalue weighted by atomic mass is 9.37. The minimum atomic E-state index is -1.16. The van der Waals surface area contributed by atoms with E-state index in [0.29, 0.717) is 30.1 Å². The highest BCUT2D eigenvalue weighted by Crippen LogP contribution is 2.72. The molecule has 0 radical (unpaired) electrons. The molecule has 6 rings (SSSR count). The van der Waals surface area contributed by atoms with Gasteiger partial charge in [0.2, 0.25) is 0 Å². The topological polar surface area (TPSA) is 122 Å². The van der Waals surface area contributed by atoms with Gasteiger partial charge in [0.05, 0.1) is 17.4 Å². The van der Waals surface area contributed by atoms with Crippen LogP contribution in [0.3, 0.4) is 0 Å². The van der Waals surface area contributed by atoms with E-state index < -0.39 is 22.9 Å². The molecule has 0 saturated heterocycles. The molecule has 5 fully saturated rings. The van der Waals surface area contributed by atoms with E-state index in [2.05, 4.69) is 52.2 Å². The first-order valence-corrected chi connectivity index (χ1v) is 19.6. The summed E-state index contributed by atoms with van der Waals surface area (Å²) in [7, 11) is 0. The summed E-state index contributed by atoms with van der Waals surface area (Å²) in [4.78, 5) is 52.1. The fourth-order valence-corrected chi connectivity index (χ4v) is 12.9. The third-order valence-corrected chi connectivity index (χ3v) is 15.3. The van der Waals surface area contributed by atoms with Gasteiger partial charge in [0.15, 0.2) is 5.78 Å². The number of esters is 1. The largest absolute Gasteiger partial charge is 0.481 e. The lowest BCUT2D eigenvalue weighted by Crippen LogP contribution is -2.64. The first-order chi connectivity index (χ1) is 22.9. The molecular formula is C41H64N2O6. The van der Waals surface area contributed by atoms with Crippen LogP contribution in [0, 0.1) is 51.2 Å². The van der Waals surface area contributed by atoms with Crippen LogP contribution in [0.2, 0.25) is 0 Å². The highest BCUT2D eigenvalue weighted by molar-refractivity contribution is 6.02. The molecule has 274 valence electrons. The van der Waals surface area contributed by atoms with Crippen LogP contribution in [0.25, 0.3) is 0 Å². The first kappa shape index (κ1) is 36.4. The number of hydrogen-bond donors (Lipinski definition) is 3. The van der Waals surface area contributed by atoms with Crippen molar-refractivity contribution in [3.63, 3.8) is 0 Å². The van der Waals surface area contributed by atoms with Crippen molar-refractivity contribution in [2.45, 2.75) is 169 Å². The summed E-state index contributed by atoms with van der Waals surface area (Å²) in [5.74, 6) is 0.639. The van der Waals surface area contributed by atoms with Crippen LogP contribution in [0.5, 0.6) is 0 Å². The predicted molar refractivity (Wildman–Crippen MR) is 190 cm³/mol. The molecule has 4 unspecified atom stereocenters. The predicted octanol–water partition coefficient (Wildman–Crippen LogP) is 8.37. The maximum absolute atomic E-state index is 13.8. The van der Waals surface area contributed by atoms with Crippen molar-refractivity contribution < 1.29 is 29.0 Å². The van der Waals surface area contributed by atoms with Crippen LogP contribution in [-0.2, 0) is 19.1 Å². The SMILES string of the molecule is CC(C)C1=C2C3CCC4[C@@](C)(CCC5C(C)(C)[C@@H](OC(=O)CC(C)(C)C(=O)O)CC[C@@]54C)C3CC[C@@]2(NC(=O)NC2CCCCC2)CC1=O. The number of ketones is 1. The zero-order chi connectivity index (χ0) is 35.7. The van der Waals surface area contributed by atoms with Crippen LogP contribution in [0.1, 0.15) is 152 Å². The van der Waals surface area contributed by atoms with Gasteiger partial charge in [-0.25, -0.2) is 4.79 Å². The Morgan fingerprint density at radius 2 is 1.55 bits per heavy atom. The second-order valence-corrected chi connectivity index (χ2v) is 19.3. The van der Waals surface area contributed by atoms with Crippen LogP contribution in [0.4, 0.5) is 4.79 Å². The number of aliphatic carboxylic acids is 1. The minimum Gasteiger partial charge on any atom is -0.481 e. The second-order valence-electron chi connectivity index (χ2n) is 19.3. The van der Waals surface area contributed by atoms with Crippen molar-refractivity contribution in [2.24, 2.45) is 51.2 Å². The third kappa shape index (κ3) is 6.07. The third-order valence-electron chi connectivity index (χ3n) is 15.3. The van der Waals surface area contributed by atoms with Crippen molar-refractivity contribution in [2.75, 3.05) is 0 Å². The van der Waals surface area contributed by atoms with Gasteiger partial charge in [0.1, 0.15) is 6.10 Å². The van der Waals surface area contributed by atoms with E-state index in [9.17, 15) is 24.3 Å². The number of ether oxygens (including phenoxy) is 1. The molecule has 8 atom stereocenters. The van der Waals surface area contributed by atoms with Gasteiger partial charge in [-0.2, -0.15) is 0 Å². The van der Waals surface area contributed by atoms with Crippen molar-refractivity contribution >= 4 is 23.8 Å². The summed E-state index contributed by atoms with van der Waals surface area (Å²) in [5.41, 5.74) is 0.529. The van der Waals surface area contributed by atoms with E-state index in [1.54, 1.807) is 13.8 Å². The average Bonchev–Trinajstić information content (AvgIpc) is 3.30. The number of urea groups is 1. The number of nitrogens with one attached hydrogen (secondary N) is 2. The summed E-state index contributed by atoms with van der Waals surface area (Å²) in [6, 6.07) is 0.125. The van der Waals surface area contributed by atoms with E-state index in [1.807, 2.05) is 0 Å². The van der Waals surface area contributed by atoms with Crippen molar-refractivity contribution in [3.05, 3.63) is 11.1 Å². The summed E-state index contributed by atoms with van der Waals surface area (Å²) < 4.78 is 6.14. The minimum absolute atomic E-state index is 0.0954. The van der Waals surface area contributed by atoms with Crippen molar-refractivity contribution in [3.8, 4) is 0 Å². The molecule has 2 amide bonds. The second kappa shape index (κ2) is 12.7.